The minimum absolute atomic E-state index is 0.0479. The van der Waals surface area contributed by atoms with E-state index < -0.39 is 5.60 Å². The Kier molecular flexibility index (Phi) is 4.92. The first-order valence-corrected chi connectivity index (χ1v) is 7.83. The highest BCUT2D eigenvalue weighted by Crippen LogP contribution is 2.23. The zero-order chi connectivity index (χ0) is 17.0. The topological polar surface area (TPSA) is 67.6 Å². The van der Waals surface area contributed by atoms with Crippen LogP contribution in [0.15, 0.2) is 43.0 Å². The molecule has 1 amide bonds. The van der Waals surface area contributed by atoms with Crippen LogP contribution in [0.4, 0.5) is 4.39 Å². The highest BCUT2D eigenvalue weighted by Gasteiger charge is 2.38. The first kappa shape index (κ1) is 16.6. The number of imidazole rings is 1. The van der Waals surface area contributed by atoms with Crippen LogP contribution in [0.1, 0.15) is 5.56 Å². The molecule has 1 saturated heterocycles. The van der Waals surface area contributed by atoms with Crippen LogP contribution >= 0.6 is 0 Å². The van der Waals surface area contributed by atoms with E-state index in [-0.39, 0.29) is 24.9 Å². The Hall–Kier alpha value is -2.25. The first-order valence-electron chi connectivity index (χ1n) is 7.83. The third-order valence-electron chi connectivity index (χ3n) is 4.21. The number of nitrogens with zero attached hydrogens (tertiary/aromatic N) is 3. The Morgan fingerprint density at radius 3 is 2.83 bits per heavy atom. The fourth-order valence-corrected chi connectivity index (χ4v) is 2.93. The molecule has 128 valence electrons. The summed E-state index contributed by atoms with van der Waals surface area (Å²) in [7, 11) is 0. The molecule has 0 unspecified atom stereocenters. The minimum Gasteiger partial charge on any atom is -0.393 e. The SMILES string of the molecule is O=C(Cn1ccnc1)N1CCO[C@](CO)(Cc2ccc(F)cc2)C1. The number of carbonyl (C=O) groups excluding carboxylic acids is 1. The summed E-state index contributed by atoms with van der Waals surface area (Å²) in [6, 6.07) is 6.10. The molecule has 1 aromatic heterocycles. The maximum absolute atomic E-state index is 13.0. The Morgan fingerprint density at radius 1 is 1.38 bits per heavy atom. The molecule has 0 spiro atoms. The lowest BCUT2D eigenvalue weighted by Crippen LogP contribution is -2.57. The second-order valence-corrected chi connectivity index (χ2v) is 6.04. The van der Waals surface area contributed by atoms with Gasteiger partial charge in [0.25, 0.3) is 0 Å². The molecule has 3 rings (SSSR count). The van der Waals surface area contributed by atoms with Crippen LogP contribution in [0.3, 0.4) is 0 Å². The van der Waals surface area contributed by atoms with E-state index in [4.69, 9.17) is 4.74 Å². The third-order valence-corrected chi connectivity index (χ3v) is 4.21. The van der Waals surface area contributed by atoms with Gasteiger partial charge in [0, 0.05) is 25.4 Å². The molecule has 1 aliphatic heterocycles. The second kappa shape index (κ2) is 7.11. The van der Waals surface area contributed by atoms with E-state index in [1.165, 1.54) is 12.1 Å². The van der Waals surface area contributed by atoms with Gasteiger partial charge in [0.2, 0.25) is 5.91 Å². The highest BCUT2D eigenvalue weighted by atomic mass is 19.1. The largest absolute Gasteiger partial charge is 0.393 e. The Labute approximate surface area is 139 Å². The number of ether oxygens (including phenoxy) is 1. The van der Waals surface area contributed by atoms with Gasteiger partial charge in [0.05, 0.1) is 26.1 Å². The highest BCUT2D eigenvalue weighted by molar-refractivity contribution is 5.76. The van der Waals surface area contributed by atoms with Gasteiger partial charge < -0.3 is 19.3 Å². The molecule has 0 radical (unpaired) electrons. The van der Waals surface area contributed by atoms with Crippen molar-refractivity contribution in [2.45, 2.75) is 18.6 Å². The van der Waals surface area contributed by atoms with Crippen LogP contribution in [0.2, 0.25) is 0 Å². The van der Waals surface area contributed by atoms with Crippen molar-refractivity contribution in [3.63, 3.8) is 0 Å². The van der Waals surface area contributed by atoms with Crippen molar-refractivity contribution in [3.8, 4) is 0 Å². The maximum Gasteiger partial charge on any atom is 0.242 e. The van der Waals surface area contributed by atoms with E-state index in [0.29, 0.717) is 26.1 Å². The van der Waals surface area contributed by atoms with Crippen molar-refractivity contribution < 1.29 is 19.0 Å². The predicted molar refractivity (Wildman–Crippen MR) is 84.7 cm³/mol. The summed E-state index contributed by atoms with van der Waals surface area (Å²) in [6.07, 6.45) is 5.37. The molecule has 0 aliphatic carbocycles. The molecule has 6 nitrogen and oxygen atoms in total. The van der Waals surface area contributed by atoms with E-state index in [1.54, 1.807) is 40.3 Å². The number of morpholine rings is 1. The van der Waals surface area contributed by atoms with Gasteiger partial charge in [0.15, 0.2) is 0 Å². The number of rotatable bonds is 5. The smallest absolute Gasteiger partial charge is 0.242 e. The average Bonchev–Trinajstić information content (AvgIpc) is 3.10. The maximum atomic E-state index is 13.0. The number of aromatic nitrogens is 2. The number of hydrogen-bond donors (Lipinski definition) is 1. The normalized spacial score (nSPS) is 21.0. The fourth-order valence-electron chi connectivity index (χ4n) is 2.93. The molecule has 2 aromatic rings. The summed E-state index contributed by atoms with van der Waals surface area (Å²) in [5, 5.41) is 9.86. The number of aliphatic hydroxyl groups excluding tert-OH is 1. The lowest BCUT2D eigenvalue weighted by Gasteiger charge is -2.42. The lowest BCUT2D eigenvalue weighted by molar-refractivity contribution is -0.158. The molecule has 1 aliphatic rings. The van der Waals surface area contributed by atoms with Crippen molar-refractivity contribution in [1.29, 1.82) is 0 Å². The number of hydrogen-bond acceptors (Lipinski definition) is 4. The van der Waals surface area contributed by atoms with Gasteiger partial charge >= 0.3 is 0 Å². The summed E-state index contributed by atoms with van der Waals surface area (Å²) in [6.45, 7) is 1.14. The Balaban J connectivity index is 1.69. The van der Waals surface area contributed by atoms with E-state index in [1.807, 2.05) is 0 Å². The van der Waals surface area contributed by atoms with Crippen molar-refractivity contribution in [2.75, 3.05) is 26.3 Å². The Morgan fingerprint density at radius 2 is 2.17 bits per heavy atom. The summed E-state index contributed by atoms with van der Waals surface area (Å²) >= 11 is 0. The molecule has 0 bridgehead atoms. The van der Waals surface area contributed by atoms with E-state index >= 15 is 0 Å². The molecular weight excluding hydrogens is 313 g/mol. The summed E-state index contributed by atoms with van der Waals surface area (Å²) < 4.78 is 20.6. The number of benzene rings is 1. The average molecular weight is 333 g/mol. The quantitative estimate of drug-likeness (QED) is 0.881. The lowest BCUT2D eigenvalue weighted by atomic mass is 9.93. The summed E-state index contributed by atoms with van der Waals surface area (Å²) in [4.78, 5) is 18.1. The molecule has 24 heavy (non-hydrogen) atoms. The van der Waals surface area contributed by atoms with Crippen molar-refractivity contribution >= 4 is 5.91 Å². The summed E-state index contributed by atoms with van der Waals surface area (Å²) in [5.74, 6) is -0.355. The molecule has 2 heterocycles. The monoisotopic (exact) mass is 333 g/mol. The molecule has 1 fully saturated rings. The van der Waals surface area contributed by atoms with Crippen molar-refractivity contribution in [2.24, 2.45) is 0 Å². The molecule has 1 atom stereocenters. The van der Waals surface area contributed by atoms with Gasteiger partial charge in [0.1, 0.15) is 18.0 Å². The molecular formula is C17H20FN3O3. The van der Waals surface area contributed by atoms with E-state index in [9.17, 15) is 14.3 Å². The van der Waals surface area contributed by atoms with Gasteiger partial charge in [-0.25, -0.2) is 9.37 Å². The third kappa shape index (κ3) is 3.80. The first-order chi connectivity index (χ1) is 11.6. The summed E-state index contributed by atoms with van der Waals surface area (Å²) in [5.41, 5.74) is -0.00455. The van der Waals surface area contributed by atoms with Gasteiger partial charge in [-0.3, -0.25) is 4.79 Å². The van der Waals surface area contributed by atoms with Crippen molar-refractivity contribution in [3.05, 3.63) is 54.4 Å². The van der Waals surface area contributed by atoms with Crippen LogP contribution < -0.4 is 0 Å². The zero-order valence-electron chi connectivity index (χ0n) is 13.3. The zero-order valence-corrected chi connectivity index (χ0v) is 13.3. The van der Waals surface area contributed by atoms with Gasteiger partial charge in [-0.15, -0.1) is 0 Å². The van der Waals surface area contributed by atoms with Crippen LogP contribution in [0.25, 0.3) is 0 Å². The van der Waals surface area contributed by atoms with E-state index in [0.717, 1.165) is 5.56 Å². The Bertz CT molecular complexity index is 675. The van der Waals surface area contributed by atoms with Crippen LogP contribution in [-0.2, 0) is 22.5 Å². The minimum atomic E-state index is -0.860. The molecule has 1 aromatic carbocycles. The van der Waals surface area contributed by atoms with Crippen LogP contribution in [-0.4, -0.2) is 57.4 Å². The predicted octanol–water partition coefficient (Wildman–Crippen LogP) is 0.855. The van der Waals surface area contributed by atoms with E-state index in [2.05, 4.69) is 4.98 Å². The fraction of sp³-hybridized carbons (Fsp3) is 0.412. The molecule has 7 heteroatoms. The van der Waals surface area contributed by atoms with Gasteiger partial charge in [-0.2, -0.15) is 0 Å². The van der Waals surface area contributed by atoms with Crippen molar-refractivity contribution in [1.82, 2.24) is 14.5 Å². The molecule has 0 saturated carbocycles. The number of halogens is 1. The number of aliphatic hydroxyl groups is 1. The van der Waals surface area contributed by atoms with Crippen LogP contribution in [0, 0.1) is 5.82 Å². The standard InChI is InChI=1S/C17H20FN3O3/c18-15-3-1-14(2-4-15)9-17(12-22)11-21(7-8-24-17)16(23)10-20-6-5-19-13-20/h1-6,13,22H,7-12H2/t17-/m1/s1. The second-order valence-electron chi connectivity index (χ2n) is 6.04. The molecule has 1 N–H and O–H groups in total. The van der Waals surface area contributed by atoms with Gasteiger partial charge in [-0.05, 0) is 17.7 Å². The number of carbonyl (C=O) groups is 1. The number of amides is 1. The van der Waals surface area contributed by atoms with Crippen LogP contribution in [0.5, 0.6) is 0 Å². The van der Waals surface area contributed by atoms with Gasteiger partial charge in [-0.1, -0.05) is 12.1 Å².